The van der Waals surface area contributed by atoms with Gasteiger partial charge in [0.15, 0.2) is 5.96 Å². The Morgan fingerprint density at radius 3 is 2.54 bits per heavy atom. The van der Waals surface area contributed by atoms with Gasteiger partial charge in [-0.05, 0) is 37.1 Å². The number of guanidine groups is 1. The van der Waals surface area contributed by atoms with Crippen LogP contribution in [0, 0.1) is 0 Å². The Kier molecular flexibility index (Phi) is 6.76. The quantitative estimate of drug-likeness (QED) is 0.522. The molecule has 2 saturated heterocycles. The number of ether oxygens (including phenoxy) is 1. The van der Waals surface area contributed by atoms with Crippen molar-refractivity contribution in [3.63, 3.8) is 0 Å². The standard InChI is InChI=1S/C21H32N4OS2/c1-22-19(24-16-21(7-8-21)28-18-5-3-2-4-6-18)23-15-20(9-14-27-17-20)25-10-12-26-13-11-25/h2-6H,7-17H2,1H3,(H2,22,23,24). The smallest absolute Gasteiger partial charge is 0.191 e. The number of thioether (sulfide) groups is 2. The summed E-state index contributed by atoms with van der Waals surface area (Å²) in [6.45, 7) is 5.73. The minimum atomic E-state index is 0.238. The van der Waals surface area contributed by atoms with Crippen LogP contribution in [0.25, 0.3) is 0 Å². The Hall–Kier alpha value is -0.890. The van der Waals surface area contributed by atoms with Gasteiger partial charge in [-0.2, -0.15) is 11.8 Å². The SMILES string of the molecule is CN=C(NCC1(Sc2ccccc2)CC1)NCC1(N2CCOCC2)CCSC1. The molecule has 5 nitrogen and oxygen atoms in total. The van der Waals surface area contributed by atoms with Crippen LogP contribution in [0.4, 0.5) is 0 Å². The number of morpholine rings is 1. The summed E-state index contributed by atoms with van der Waals surface area (Å²) < 4.78 is 5.90. The summed E-state index contributed by atoms with van der Waals surface area (Å²) in [5.41, 5.74) is 0.238. The third-order valence-corrected chi connectivity index (χ3v) is 8.76. The number of hydrogen-bond acceptors (Lipinski definition) is 5. The summed E-state index contributed by atoms with van der Waals surface area (Å²) in [6, 6.07) is 10.7. The van der Waals surface area contributed by atoms with E-state index < -0.39 is 0 Å². The fourth-order valence-electron chi connectivity index (χ4n) is 4.04. The molecule has 1 atom stereocenters. The third kappa shape index (κ3) is 4.99. The minimum absolute atomic E-state index is 0.238. The van der Waals surface area contributed by atoms with Gasteiger partial charge in [0, 0.05) is 54.2 Å². The second-order valence-corrected chi connectivity index (χ2v) is 10.7. The zero-order valence-corrected chi connectivity index (χ0v) is 18.4. The molecule has 1 aromatic rings. The molecular formula is C21H32N4OS2. The molecule has 2 heterocycles. The lowest BCUT2D eigenvalue weighted by molar-refractivity contribution is -0.0120. The summed E-state index contributed by atoms with van der Waals surface area (Å²) in [6.07, 6.45) is 3.78. The van der Waals surface area contributed by atoms with Gasteiger partial charge < -0.3 is 15.4 Å². The Labute approximate surface area is 177 Å². The Morgan fingerprint density at radius 2 is 1.89 bits per heavy atom. The van der Waals surface area contributed by atoms with Crippen LogP contribution in [0.3, 0.4) is 0 Å². The maximum Gasteiger partial charge on any atom is 0.191 e. The van der Waals surface area contributed by atoms with Crippen LogP contribution in [0.5, 0.6) is 0 Å². The van der Waals surface area contributed by atoms with E-state index in [0.717, 1.165) is 45.4 Å². The summed E-state index contributed by atoms with van der Waals surface area (Å²) in [4.78, 5) is 8.50. The lowest BCUT2D eigenvalue weighted by atomic mass is 9.95. The van der Waals surface area contributed by atoms with Gasteiger partial charge in [0.25, 0.3) is 0 Å². The highest BCUT2D eigenvalue weighted by molar-refractivity contribution is 8.01. The van der Waals surface area contributed by atoms with E-state index in [1.54, 1.807) is 0 Å². The first-order valence-corrected chi connectivity index (χ1v) is 12.3. The van der Waals surface area contributed by atoms with Crippen molar-refractivity contribution in [2.24, 2.45) is 4.99 Å². The highest BCUT2D eigenvalue weighted by Gasteiger charge is 2.44. The van der Waals surface area contributed by atoms with Crippen molar-refractivity contribution in [1.29, 1.82) is 0 Å². The molecule has 0 amide bonds. The van der Waals surface area contributed by atoms with E-state index in [2.05, 4.69) is 62.6 Å². The molecule has 7 heteroatoms. The van der Waals surface area contributed by atoms with Gasteiger partial charge in [0.1, 0.15) is 0 Å². The number of rotatable bonds is 7. The number of aliphatic imine (C=N–C) groups is 1. The lowest BCUT2D eigenvalue weighted by Crippen LogP contribution is -2.60. The van der Waals surface area contributed by atoms with Crippen LogP contribution in [0.15, 0.2) is 40.2 Å². The Balaban J connectivity index is 1.29. The van der Waals surface area contributed by atoms with Gasteiger partial charge in [-0.1, -0.05) is 18.2 Å². The largest absolute Gasteiger partial charge is 0.379 e. The molecule has 154 valence electrons. The van der Waals surface area contributed by atoms with Crippen LogP contribution in [0.2, 0.25) is 0 Å². The highest BCUT2D eigenvalue weighted by Crippen LogP contribution is 2.51. The van der Waals surface area contributed by atoms with E-state index in [0.29, 0.717) is 4.75 Å². The van der Waals surface area contributed by atoms with Crippen molar-refractivity contribution in [3.8, 4) is 0 Å². The first-order valence-electron chi connectivity index (χ1n) is 10.3. The van der Waals surface area contributed by atoms with Gasteiger partial charge in [-0.15, -0.1) is 11.8 Å². The zero-order chi connectivity index (χ0) is 19.3. The molecule has 1 saturated carbocycles. The minimum Gasteiger partial charge on any atom is -0.379 e. The van der Waals surface area contributed by atoms with E-state index in [1.807, 2.05) is 18.8 Å². The van der Waals surface area contributed by atoms with E-state index in [1.165, 1.54) is 35.7 Å². The maximum atomic E-state index is 5.58. The van der Waals surface area contributed by atoms with Crippen LogP contribution in [0.1, 0.15) is 19.3 Å². The first kappa shape index (κ1) is 20.4. The molecule has 0 aromatic heterocycles. The van der Waals surface area contributed by atoms with E-state index in [-0.39, 0.29) is 5.54 Å². The zero-order valence-electron chi connectivity index (χ0n) is 16.8. The van der Waals surface area contributed by atoms with Gasteiger partial charge >= 0.3 is 0 Å². The van der Waals surface area contributed by atoms with Gasteiger partial charge in [-0.3, -0.25) is 9.89 Å². The van der Waals surface area contributed by atoms with E-state index in [4.69, 9.17) is 4.74 Å². The second-order valence-electron chi connectivity index (χ2n) is 8.00. The summed E-state index contributed by atoms with van der Waals surface area (Å²) >= 11 is 4.08. The summed E-state index contributed by atoms with van der Waals surface area (Å²) in [5, 5.41) is 7.25. The normalized spacial score (nSPS) is 27.5. The predicted molar refractivity (Wildman–Crippen MR) is 121 cm³/mol. The summed E-state index contributed by atoms with van der Waals surface area (Å²) in [5.74, 6) is 3.39. The van der Waals surface area contributed by atoms with Crippen molar-refractivity contribution in [2.45, 2.75) is 34.4 Å². The van der Waals surface area contributed by atoms with Crippen LogP contribution >= 0.6 is 23.5 Å². The molecule has 4 rings (SSSR count). The average Bonchev–Trinajstić information content (AvgIpc) is 3.33. The number of hydrogen-bond donors (Lipinski definition) is 2. The van der Waals surface area contributed by atoms with Crippen molar-refractivity contribution in [2.75, 3.05) is 57.9 Å². The van der Waals surface area contributed by atoms with Crippen molar-refractivity contribution < 1.29 is 4.74 Å². The van der Waals surface area contributed by atoms with Gasteiger partial charge in [0.2, 0.25) is 0 Å². The highest BCUT2D eigenvalue weighted by atomic mass is 32.2. The van der Waals surface area contributed by atoms with Gasteiger partial charge in [-0.25, -0.2) is 0 Å². The molecule has 1 unspecified atom stereocenters. The fourth-order valence-corrected chi connectivity index (χ4v) is 6.76. The molecule has 0 spiro atoms. The van der Waals surface area contributed by atoms with E-state index in [9.17, 15) is 0 Å². The number of nitrogens with one attached hydrogen (secondary N) is 2. The third-order valence-electron chi connectivity index (χ3n) is 6.04. The van der Waals surface area contributed by atoms with Crippen molar-refractivity contribution >= 4 is 29.5 Å². The maximum absolute atomic E-state index is 5.58. The lowest BCUT2D eigenvalue weighted by Gasteiger charge is -2.43. The number of nitrogens with zero attached hydrogens (tertiary/aromatic N) is 2. The molecule has 28 heavy (non-hydrogen) atoms. The molecule has 1 aromatic carbocycles. The van der Waals surface area contributed by atoms with E-state index >= 15 is 0 Å². The summed E-state index contributed by atoms with van der Waals surface area (Å²) in [7, 11) is 1.88. The fraction of sp³-hybridized carbons (Fsp3) is 0.667. The molecule has 1 aliphatic carbocycles. The van der Waals surface area contributed by atoms with Gasteiger partial charge in [0.05, 0.1) is 13.2 Å². The Morgan fingerprint density at radius 1 is 1.14 bits per heavy atom. The molecule has 0 radical (unpaired) electrons. The Bertz CT molecular complexity index is 654. The average molecular weight is 421 g/mol. The van der Waals surface area contributed by atoms with Crippen molar-refractivity contribution in [3.05, 3.63) is 30.3 Å². The molecule has 2 N–H and O–H groups in total. The first-order chi connectivity index (χ1) is 13.7. The van der Waals surface area contributed by atoms with Crippen molar-refractivity contribution in [1.82, 2.24) is 15.5 Å². The number of benzene rings is 1. The molecular weight excluding hydrogens is 388 g/mol. The second kappa shape index (κ2) is 9.28. The van der Waals surface area contributed by atoms with Crippen LogP contribution in [-0.2, 0) is 4.74 Å². The molecule has 3 aliphatic rings. The predicted octanol–water partition coefficient (Wildman–Crippen LogP) is 2.68. The molecule has 2 aliphatic heterocycles. The monoisotopic (exact) mass is 420 g/mol. The molecule has 3 fully saturated rings. The van der Waals surface area contributed by atoms with Crippen LogP contribution < -0.4 is 10.6 Å². The topological polar surface area (TPSA) is 48.9 Å². The van der Waals surface area contributed by atoms with Crippen LogP contribution in [-0.4, -0.2) is 79.1 Å². The molecule has 0 bridgehead atoms.